The van der Waals surface area contributed by atoms with Crippen molar-refractivity contribution < 1.29 is 31.3 Å². The van der Waals surface area contributed by atoms with Gasteiger partial charge in [0.2, 0.25) is 0 Å². The van der Waals surface area contributed by atoms with E-state index in [-0.39, 0.29) is 32.6 Å². The van der Waals surface area contributed by atoms with Crippen LogP contribution in [0.25, 0.3) is 32.8 Å². The fourth-order valence-corrected chi connectivity index (χ4v) is 3.70. The largest absolute Gasteiger partial charge is 0.507 e. The fraction of sp³-hybridized carbons (Fsp3) is 0. The maximum Gasteiger partial charge on any atom is 0.125 e. The number of para-hydroxylation sites is 1. The molecule has 0 saturated heterocycles. The van der Waals surface area contributed by atoms with Crippen LogP contribution in [-0.4, -0.2) is 21.4 Å². The Morgan fingerprint density at radius 1 is 0.710 bits per heavy atom. The van der Waals surface area contributed by atoms with Crippen molar-refractivity contribution in [3.63, 3.8) is 0 Å². The van der Waals surface area contributed by atoms with E-state index >= 15 is 0 Å². The van der Waals surface area contributed by atoms with Crippen molar-refractivity contribution in [3.05, 3.63) is 96.7 Å². The first-order valence-corrected chi connectivity index (χ1v) is 9.63. The molecule has 0 unspecified atom stereocenters. The SMILES string of the molecule is Oc1ccccc1-c1cccc(C=Nc2c3ccccc3cc3cccc(O)c23)n1.[Pt]. The maximum absolute atomic E-state index is 10.5. The van der Waals surface area contributed by atoms with Gasteiger partial charge in [-0.1, -0.05) is 54.6 Å². The van der Waals surface area contributed by atoms with Crippen molar-refractivity contribution in [1.82, 2.24) is 4.98 Å². The molecule has 154 valence electrons. The Bertz CT molecular complexity index is 1430. The average molecular weight is 586 g/mol. The standard InChI is InChI=1S/C26H18N2O2.Pt/c29-23-13-4-3-11-21(23)22-12-6-9-19(28-22)16-27-26-20-10-2-1-7-17(20)15-18-8-5-14-24(30)25(18)26;/h1-16,29-30H;. The van der Waals surface area contributed by atoms with Crippen molar-refractivity contribution in [2.75, 3.05) is 0 Å². The predicted octanol–water partition coefficient (Wildman–Crippen LogP) is 6.21. The van der Waals surface area contributed by atoms with Gasteiger partial charge in [0.1, 0.15) is 11.5 Å². The summed E-state index contributed by atoms with van der Waals surface area (Å²) >= 11 is 0. The molecule has 4 nitrogen and oxygen atoms in total. The van der Waals surface area contributed by atoms with Crippen LogP contribution in [0.5, 0.6) is 11.5 Å². The molecule has 4 aromatic carbocycles. The molecule has 0 aliphatic rings. The third kappa shape index (κ3) is 3.95. The molecule has 5 aromatic rings. The molecule has 1 aromatic heterocycles. The topological polar surface area (TPSA) is 65.7 Å². The van der Waals surface area contributed by atoms with E-state index in [9.17, 15) is 10.2 Å². The molecule has 5 rings (SSSR count). The molecule has 5 heteroatoms. The summed E-state index contributed by atoms with van der Waals surface area (Å²) in [6, 6.07) is 28.2. The van der Waals surface area contributed by atoms with Gasteiger partial charge in [0.15, 0.2) is 0 Å². The van der Waals surface area contributed by atoms with E-state index in [0.717, 1.165) is 16.2 Å². The van der Waals surface area contributed by atoms with E-state index in [0.29, 0.717) is 28.0 Å². The second-order valence-corrected chi connectivity index (χ2v) is 7.04. The van der Waals surface area contributed by atoms with Gasteiger partial charge >= 0.3 is 0 Å². The number of rotatable bonds is 3. The van der Waals surface area contributed by atoms with Crippen molar-refractivity contribution in [2.24, 2.45) is 4.99 Å². The first-order chi connectivity index (χ1) is 14.7. The summed E-state index contributed by atoms with van der Waals surface area (Å²) in [4.78, 5) is 9.37. The Kier molecular flexibility index (Phi) is 5.83. The van der Waals surface area contributed by atoms with E-state index in [4.69, 9.17) is 4.99 Å². The third-order valence-electron chi connectivity index (χ3n) is 5.11. The van der Waals surface area contributed by atoms with Crippen LogP contribution in [-0.2, 0) is 21.1 Å². The van der Waals surface area contributed by atoms with E-state index in [1.165, 1.54) is 0 Å². The quantitative estimate of drug-likeness (QED) is 0.195. The van der Waals surface area contributed by atoms with E-state index in [1.54, 1.807) is 24.4 Å². The van der Waals surface area contributed by atoms with Crippen LogP contribution in [0.15, 0.2) is 96.0 Å². The molecule has 0 fully saturated rings. The number of aliphatic imine (C=N–C) groups is 1. The van der Waals surface area contributed by atoms with E-state index in [2.05, 4.69) is 11.1 Å². The monoisotopic (exact) mass is 585 g/mol. The molecule has 0 radical (unpaired) electrons. The predicted molar refractivity (Wildman–Crippen MR) is 122 cm³/mol. The van der Waals surface area contributed by atoms with Gasteiger partial charge in [0.05, 0.1) is 23.3 Å². The molecule has 31 heavy (non-hydrogen) atoms. The zero-order valence-electron chi connectivity index (χ0n) is 16.3. The number of aromatic hydroxyl groups is 2. The molecule has 0 bridgehead atoms. The summed E-state index contributed by atoms with van der Waals surface area (Å²) in [5.41, 5.74) is 2.70. The van der Waals surface area contributed by atoms with Gasteiger partial charge in [-0.05, 0) is 47.2 Å². The molecule has 0 aliphatic carbocycles. The Hall–Kier alpha value is -3.49. The summed E-state index contributed by atoms with van der Waals surface area (Å²) in [6.45, 7) is 0. The minimum Gasteiger partial charge on any atom is -0.507 e. The zero-order chi connectivity index (χ0) is 20.5. The molecular formula is C26H18N2O2Pt. The van der Waals surface area contributed by atoms with Crippen LogP contribution in [0, 0.1) is 0 Å². The number of hydrogen-bond acceptors (Lipinski definition) is 4. The van der Waals surface area contributed by atoms with Crippen molar-refractivity contribution in [2.45, 2.75) is 0 Å². The smallest absolute Gasteiger partial charge is 0.125 e. The summed E-state index contributed by atoms with van der Waals surface area (Å²) < 4.78 is 0. The number of aromatic nitrogens is 1. The van der Waals surface area contributed by atoms with Gasteiger partial charge in [0, 0.05) is 37.4 Å². The molecule has 0 amide bonds. The molecule has 0 spiro atoms. The summed E-state index contributed by atoms with van der Waals surface area (Å²) in [6.07, 6.45) is 1.69. The first kappa shape index (κ1) is 20.8. The normalized spacial score (nSPS) is 11.1. The Balaban J connectivity index is 0.00000231. The molecule has 0 saturated carbocycles. The van der Waals surface area contributed by atoms with Gasteiger partial charge in [0.25, 0.3) is 0 Å². The Labute approximate surface area is 193 Å². The molecule has 0 atom stereocenters. The van der Waals surface area contributed by atoms with Gasteiger partial charge in [-0.15, -0.1) is 0 Å². The van der Waals surface area contributed by atoms with Crippen molar-refractivity contribution in [1.29, 1.82) is 0 Å². The van der Waals surface area contributed by atoms with Crippen LogP contribution in [0.3, 0.4) is 0 Å². The Morgan fingerprint density at radius 2 is 1.42 bits per heavy atom. The van der Waals surface area contributed by atoms with Crippen LogP contribution >= 0.6 is 0 Å². The minimum atomic E-state index is 0. The van der Waals surface area contributed by atoms with Crippen molar-refractivity contribution >= 4 is 33.4 Å². The van der Waals surface area contributed by atoms with Crippen LogP contribution in [0.2, 0.25) is 0 Å². The minimum absolute atomic E-state index is 0. The summed E-state index contributed by atoms with van der Waals surface area (Å²) in [5, 5.41) is 24.3. The van der Waals surface area contributed by atoms with Crippen LogP contribution in [0.4, 0.5) is 5.69 Å². The number of pyridine rings is 1. The number of phenolic OH excluding ortho intramolecular Hbond substituents is 2. The second kappa shape index (κ2) is 8.71. The number of phenols is 2. The number of benzene rings is 4. The number of nitrogens with zero attached hydrogens (tertiary/aromatic N) is 2. The van der Waals surface area contributed by atoms with E-state index < -0.39 is 0 Å². The van der Waals surface area contributed by atoms with Gasteiger partial charge in [-0.25, -0.2) is 4.98 Å². The molecule has 2 N–H and O–H groups in total. The molecule has 0 aliphatic heterocycles. The first-order valence-electron chi connectivity index (χ1n) is 9.63. The number of hydrogen-bond donors (Lipinski definition) is 2. The maximum atomic E-state index is 10.5. The second-order valence-electron chi connectivity index (χ2n) is 7.04. The fourth-order valence-electron chi connectivity index (χ4n) is 3.70. The van der Waals surface area contributed by atoms with E-state index in [1.807, 2.05) is 66.7 Å². The molecular weight excluding hydrogens is 567 g/mol. The Morgan fingerprint density at radius 3 is 2.29 bits per heavy atom. The van der Waals surface area contributed by atoms with Gasteiger partial charge in [-0.2, -0.15) is 0 Å². The molecule has 1 heterocycles. The number of fused-ring (bicyclic) bond motifs is 2. The summed E-state index contributed by atoms with van der Waals surface area (Å²) in [5.74, 6) is 0.380. The van der Waals surface area contributed by atoms with Crippen LogP contribution in [0.1, 0.15) is 5.69 Å². The zero-order valence-corrected chi connectivity index (χ0v) is 18.6. The summed E-state index contributed by atoms with van der Waals surface area (Å²) in [7, 11) is 0. The average Bonchev–Trinajstić information content (AvgIpc) is 2.77. The van der Waals surface area contributed by atoms with Gasteiger partial charge in [-0.3, -0.25) is 4.99 Å². The van der Waals surface area contributed by atoms with Gasteiger partial charge < -0.3 is 10.2 Å². The third-order valence-corrected chi connectivity index (χ3v) is 5.11. The van der Waals surface area contributed by atoms with Crippen molar-refractivity contribution in [3.8, 4) is 22.8 Å². The van der Waals surface area contributed by atoms with Crippen LogP contribution < -0.4 is 0 Å².